The first-order valence-electron chi connectivity index (χ1n) is 11.9. The van der Waals surface area contributed by atoms with Crippen molar-refractivity contribution in [3.8, 4) is 0 Å². The number of nitrogens with one attached hydrogen (secondary N) is 1. The Morgan fingerprint density at radius 1 is 1.24 bits per heavy atom. The molecular weight excluding hydrogens is 440 g/mol. The van der Waals surface area contributed by atoms with Crippen LogP contribution in [-0.2, 0) is 16.1 Å². The van der Waals surface area contributed by atoms with Crippen molar-refractivity contribution in [3.05, 3.63) is 27.9 Å². The summed E-state index contributed by atoms with van der Waals surface area (Å²) >= 11 is 0. The van der Waals surface area contributed by atoms with Gasteiger partial charge in [-0.2, -0.15) is 10.2 Å². The lowest BCUT2D eigenvalue weighted by Crippen LogP contribution is -2.57. The molecule has 3 heterocycles. The first kappa shape index (κ1) is 24.2. The maximum atomic E-state index is 13.1. The fourth-order valence-corrected chi connectivity index (χ4v) is 4.08. The van der Waals surface area contributed by atoms with Crippen molar-refractivity contribution in [1.82, 2.24) is 29.6 Å². The SMILES string of the molecule is CC(C)c1nn(CC(=O)N[C@H]2CN(C(=O)OC(C)(C)C)CC[C@H]2O)c(=O)c2cc(C3CC3)nn12. The normalized spacial score (nSPS) is 21.2. The molecule has 34 heavy (non-hydrogen) atoms. The molecule has 2 atom stereocenters. The van der Waals surface area contributed by atoms with Crippen LogP contribution >= 0.6 is 0 Å². The summed E-state index contributed by atoms with van der Waals surface area (Å²) in [7, 11) is 0. The molecule has 2 aliphatic rings. The Morgan fingerprint density at radius 2 is 1.94 bits per heavy atom. The van der Waals surface area contributed by atoms with Crippen LogP contribution in [-0.4, -0.2) is 72.2 Å². The standard InChI is InChI=1S/C23H34N6O5/c1-13(2)20-26-28(21(32)17-10-15(14-6-7-14)25-29(17)20)12-19(31)24-16-11-27(9-8-18(16)30)22(33)34-23(3,4)5/h10,13-14,16,18,30H,6-9,11-12H2,1-5H3,(H,24,31)/t16-,18+/m0/s1. The van der Waals surface area contributed by atoms with E-state index in [1.54, 1.807) is 31.4 Å². The van der Waals surface area contributed by atoms with Crippen LogP contribution in [0.2, 0.25) is 0 Å². The number of likely N-dealkylation sites (tertiary alicyclic amines) is 1. The van der Waals surface area contributed by atoms with Crippen molar-refractivity contribution in [2.45, 2.75) is 90.0 Å². The van der Waals surface area contributed by atoms with Gasteiger partial charge in [0.25, 0.3) is 5.56 Å². The summed E-state index contributed by atoms with van der Waals surface area (Å²) in [5.74, 6) is 0.512. The summed E-state index contributed by atoms with van der Waals surface area (Å²) in [6.45, 7) is 9.42. The number of carbonyl (C=O) groups is 2. The number of nitrogens with zero attached hydrogens (tertiary/aromatic N) is 5. The lowest BCUT2D eigenvalue weighted by molar-refractivity contribution is -0.124. The Bertz CT molecular complexity index is 1140. The second-order valence-electron chi connectivity index (χ2n) is 10.6. The van der Waals surface area contributed by atoms with E-state index in [0.717, 1.165) is 23.2 Å². The number of aliphatic hydroxyl groups excluding tert-OH is 1. The van der Waals surface area contributed by atoms with Gasteiger partial charge in [0.1, 0.15) is 17.7 Å². The molecule has 1 saturated heterocycles. The number of rotatable bonds is 5. The predicted octanol–water partition coefficient (Wildman–Crippen LogP) is 1.38. The van der Waals surface area contributed by atoms with Crippen molar-refractivity contribution in [2.24, 2.45) is 0 Å². The van der Waals surface area contributed by atoms with Crippen LogP contribution in [0.1, 0.15) is 77.2 Å². The first-order chi connectivity index (χ1) is 15.9. The van der Waals surface area contributed by atoms with Gasteiger partial charge in [-0.05, 0) is 46.1 Å². The Kier molecular flexibility index (Phi) is 6.41. The number of amides is 2. The fourth-order valence-electron chi connectivity index (χ4n) is 4.08. The minimum Gasteiger partial charge on any atom is -0.444 e. The minimum absolute atomic E-state index is 0.00748. The highest BCUT2D eigenvalue weighted by atomic mass is 16.6. The molecule has 0 unspecified atom stereocenters. The van der Waals surface area contributed by atoms with E-state index >= 15 is 0 Å². The van der Waals surface area contributed by atoms with E-state index in [1.165, 1.54) is 4.90 Å². The van der Waals surface area contributed by atoms with Gasteiger partial charge in [-0.3, -0.25) is 9.59 Å². The van der Waals surface area contributed by atoms with Crippen LogP contribution in [0.15, 0.2) is 10.9 Å². The van der Waals surface area contributed by atoms with Crippen LogP contribution in [0.5, 0.6) is 0 Å². The average Bonchev–Trinajstić information content (AvgIpc) is 3.48. The van der Waals surface area contributed by atoms with Crippen molar-refractivity contribution in [3.63, 3.8) is 0 Å². The zero-order valence-corrected chi connectivity index (χ0v) is 20.4. The lowest BCUT2D eigenvalue weighted by Gasteiger charge is -2.37. The van der Waals surface area contributed by atoms with Gasteiger partial charge in [0.2, 0.25) is 5.91 Å². The Hall–Kier alpha value is -2.95. The van der Waals surface area contributed by atoms with E-state index in [-0.39, 0.29) is 19.0 Å². The van der Waals surface area contributed by atoms with Gasteiger partial charge in [-0.25, -0.2) is 14.0 Å². The highest BCUT2D eigenvalue weighted by molar-refractivity contribution is 5.76. The lowest BCUT2D eigenvalue weighted by atomic mass is 10.0. The van der Waals surface area contributed by atoms with Crippen molar-refractivity contribution < 1.29 is 19.4 Å². The Labute approximate surface area is 198 Å². The molecule has 4 rings (SSSR count). The number of hydrogen-bond donors (Lipinski definition) is 2. The van der Waals surface area contributed by atoms with Gasteiger partial charge in [-0.15, -0.1) is 0 Å². The topological polar surface area (TPSA) is 131 Å². The van der Waals surface area contributed by atoms with Crippen LogP contribution < -0.4 is 10.9 Å². The molecule has 11 nitrogen and oxygen atoms in total. The second-order valence-corrected chi connectivity index (χ2v) is 10.6. The molecule has 1 saturated carbocycles. The first-order valence-corrected chi connectivity index (χ1v) is 11.9. The van der Waals surface area contributed by atoms with Crippen molar-refractivity contribution in [1.29, 1.82) is 0 Å². The molecule has 1 aliphatic heterocycles. The van der Waals surface area contributed by atoms with Gasteiger partial charge < -0.3 is 20.1 Å². The molecule has 1 aliphatic carbocycles. The predicted molar refractivity (Wildman–Crippen MR) is 124 cm³/mol. The molecule has 2 amide bonds. The molecular formula is C23H34N6O5. The molecule has 2 aromatic heterocycles. The third-order valence-corrected chi connectivity index (χ3v) is 6.00. The summed E-state index contributed by atoms with van der Waals surface area (Å²) in [6.07, 6.45) is 1.14. The number of aromatic nitrogens is 4. The van der Waals surface area contributed by atoms with Crippen LogP contribution in [0.25, 0.3) is 5.52 Å². The van der Waals surface area contributed by atoms with Gasteiger partial charge in [0.15, 0.2) is 5.82 Å². The molecule has 2 fully saturated rings. The van der Waals surface area contributed by atoms with E-state index in [0.29, 0.717) is 30.2 Å². The van der Waals surface area contributed by atoms with Gasteiger partial charge >= 0.3 is 6.09 Å². The molecule has 186 valence electrons. The highest BCUT2D eigenvalue weighted by Crippen LogP contribution is 2.39. The number of carbonyl (C=O) groups excluding carboxylic acids is 2. The maximum Gasteiger partial charge on any atom is 0.410 e. The summed E-state index contributed by atoms with van der Waals surface area (Å²) in [4.78, 5) is 39.8. The molecule has 0 aromatic carbocycles. The summed E-state index contributed by atoms with van der Waals surface area (Å²) in [5, 5.41) is 22.2. The van der Waals surface area contributed by atoms with Gasteiger partial charge in [0, 0.05) is 24.9 Å². The summed E-state index contributed by atoms with van der Waals surface area (Å²) in [5.41, 5.74) is 0.259. The number of piperidine rings is 1. The molecule has 0 radical (unpaired) electrons. The van der Waals surface area contributed by atoms with Crippen LogP contribution in [0, 0.1) is 0 Å². The largest absolute Gasteiger partial charge is 0.444 e. The van der Waals surface area contributed by atoms with Gasteiger partial charge in [-0.1, -0.05) is 13.8 Å². The highest BCUT2D eigenvalue weighted by Gasteiger charge is 2.34. The Balaban J connectivity index is 1.50. The number of fused-ring (bicyclic) bond motifs is 1. The summed E-state index contributed by atoms with van der Waals surface area (Å²) in [6, 6.07) is 1.13. The molecule has 11 heteroatoms. The fraction of sp³-hybridized carbons (Fsp3) is 0.696. The molecule has 0 bridgehead atoms. The number of aliphatic hydroxyl groups is 1. The summed E-state index contributed by atoms with van der Waals surface area (Å²) < 4.78 is 8.15. The Morgan fingerprint density at radius 3 is 2.56 bits per heavy atom. The zero-order chi connectivity index (χ0) is 24.8. The van der Waals surface area contributed by atoms with Crippen molar-refractivity contribution in [2.75, 3.05) is 13.1 Å². The quantitative estimate of drug-likeness (QED) is 0.669. The third kappa shape index (κ3) is 5.24. The minimum atomic E-state index is -0.808. The van der Waals surface area contributed by atoms with E-state index in [9.17, 15) is 19.5 Å². The average molecular weight is 475 g/mol. The van der Waals surface area contributed by atoms with Crippen LogP contribution in [0.4, 0.5) is 4.79 Å². The second kappa shape index (κ2) is 9.01. The molecule has 2 N–H and O–H groups in total. The smallest absolute Gasteiger partial charge is 0.410 e. The van der Waals surface area contributed by atoms with Crippen LogP contribution in [0.3, 0.4) is 0 Å². The van der Waals surface area contributed by atoms with E-state index in [1.807, 2.05) is 13.8 Å². The van der Waals surface area contributed by atoms with E-state index < -0.39 is 35.3 Å². The van der Waals surface area contributed by atoms with E-state index in [2.05, 4.69) is 15.5 Å². The van der Waals surface area contributed by atoms with Gasteiger partial charge in [0.05, 0.1) is 17.8 Å². The zero-order valence-electron chi connectivity index (χ0n) is 20.4. The maximum absolute atomic E-state index is 13.1. The van der Waals surface area contributed by atoms with Crippen molar-refractivity contribution >= 4 is 17.5 Å². The molecule has 2 aromatic rings. The monoisotopic (exact) mass is 474 g/mol. The van der Waals surface area contributed by atoms with E-state index in [4.69, 9.17) is 4.74 Å². The third-order valence-electron chi connectivity index (χ3n) is 6.00. The number of hydrogen-bond acceptors (Lipinski definition) is 7. The number of ether oxygens (including phenoxy) is 1. The molecule has 0 spiro atoms.